The lowest BCUT2D eigenvalue weighted by Crippen LogP contribution is -2.60. The summed E-state index contributed by atoms with van der Waals surface area (Å²) in [6.45, 7) is 10.8. The summed E-state index contributed by atoms with van der Waals surface area (Å²) in [5.74, 6) is -1.66. The van der Waals surface area contributed by atoms with Gasteiger partial charge in [0.1, 0.15) is 22.6 Å². The first-order chi connectivity index (χ1) is 25.2. The number of aliphatic carboxylic acids is 1. The molecule has 0 radical (unpaired) electrons. The summed E-state index contributed by atoms with van der Waals surface area (Å²) < 4.78 is 5.79. The van der Waals surface area contributed by atoms with Crippen molar-refractivity contribution in [1.29, 1.82) is 0 Å². The number of amides is 3. The summed E-state index contributed by atoms with van der Waals surface area (Å²) in [6.07, 6.45) is 8.07. The monoisotopic (exact) mass is 753 g/mol. The van der Waals surface area contributed by atoms with Crippen molar-refractivity contribution in [3.63, 3.8) is 0 Å². The molecule has 290 valence electrons. The van der Waals surface area contributed by atoms with Crippen molar-refractivity contribution in [2.24, 2.45) is 29.6 Å². The SMILES string of the molecule is CC(=O)O[C@H](C[C@H](C(C)C)N(C)C(=O)[C@@H](NC(=O)[C@H]1CC2CCN1CC2)[C@@H](C)C1CC1)c1nc(C(=O)N[C@@H](Cc2ncccn2)C[C@H](C)C(=O)O)cs1. The maximum absolute atomic E-state index is 14.4. The van der Waals surface area contributed by atoms with Crippen molar-refractivity contribution in [3.05, 3.63) is 40.4 Å². The number of nitrogens with zero attached hydrogens (tertiary/aromatic N) is 5. The van der Waals surface area contributed by atoms with Gasteiger partial charge in [-0.05, 0) is 81.4 Å². The second-order valence-corrected chi connectivity index (χ2v) is 16.5. The molecule has 15 heteroatoms. The number of hydrogen-bond acceptors (Lipinski definition) is 11. The molecule has 1 aliphatic carbocycles. The fourth-order valence-electron chi connectivity index (χ4n) is 7.85. The van der Waals surface area contributed by atoms with Gasteiger partial charge in [-0.1, -0.05) is 27.7 Å². The molecule has 3 saturated heterocycles. The van der Waals surface area contributed by atoms with E-state index in [9.17, 15) is 29.1 Å². The number of nitrogens with one attached hydrogen (secondary N) is 2. The van der Waals surface area contributed by atoms with Crippen LogP contribution in [-0.4, -0.2) is 104 Å². The van der Waals surface area contributed by atoms with Crippen LogP contribution in [-0.2, 0) is 30.3 Å². The molecule has 5 heterocycles. The minimum atomic E-state index is -0.980. The van der Waals surface area contributed by atoms with Gasteiger partial charge in [0.2, 0.25) is 11.8 Å². The van der Waals surface area contributed by atoms with Crippen LogP contribution in [0.4, 0.5) is 0 Å². The van der Waals surface area contributed by atoms with E-state index in [2.05, 4.69) is 37.4 Å². The molecule has 1 saturated carbocycles. The molecule has 6 rings (SSSR count). The molecule has 3 N–H and O–H groups in total. The van der Waals surface area contributed by atoms with Crippen molar-refractivity contribution in [1.82, 2.24) is 35.4 Å². The zero-order valence-electron chi connectivity index (χ0n) is 31.7. The van der Waals surface area contributed by atoms with Crippen molar-refractivity contribution in [3.8, 4) is 0 Å². The number of ether oxygens (including phenoxy) is 1. The van der Waals surface area contributed by atoms with Crippen LogP contribution >= 0.6 is 11.3 Å². The highest BCUT2D eigenvalue weighted by molar-refractivity contribution is 7.09. The Hall–Kier alpha value is -3.98. The van der Waals surface area contributed by atoms with Crippen molar-refractivity contribution in [2.75, 3.05) is 20.1 Å². The van der Waals surface area contributed by atoms with Gasteiger partial charge in [-0.2, -0.15) is 0 Å². The first-order valence-corrected chi connectivity index (χ1v) is 19.8. The fraction of sp³-hybridized carbons (Fsp3) is 0.684. The van der Waals surface area contributed by atoms with Gasteiger partial charge in [0, 0.05) is 56.7 Å². The Morgan fingerprint density at radius 2 is 1.70 bits per heavy atom. The highest BCUT2D eigenvalue weighted by Gasteiger charge is 2.44. The molecule has 3 aliphatic heterocycles. The van der Waals surface area contributed by atoms with Crippen LogP contribution in [0.5, 0.6) is 0 Å². The number of carboxylic acids is 1. The quantitative estimate of drug-likeness (QED) is 0.188. The molecular weight excluding hydrogens is 699 g/mol. The van der Waals surface area contributed by atoms with E-state index in [0.29, 0.717) is 22.7 Å². The van der Waals surface area contributed by atoms with Gasteiger partial charge in [0.15, 0.2) is 6.10 Å². The predicted octanol–water partition coefficient (Wildman–Crippen LogP) is 3.88. The highest BCUT2D eigenvalue weighted by Crippen LogP contribution is 2.40. The summed E-state index contributed by atoms with van der Waals surface area (Å²) in [4.78, 5) is 82.6. The average molecular weight is 754 g/mol. The zero-order valence-corrected chi connectivity index (χ0v) is 32.5. The van der Waals surface area contributed by atoms with Gasteiger partial charge in [-0.15, -0.1) is 11.3 Å². The summed E-state index contributed by atoms with van der Waals surface area (Å²) in [7, 11) is 1.75. The first kappa shape index (κ1) is 40.2. The molecule has 4 fully saturated rings. The zero-order chi connectivity index (χ0) is 38.4. The van der Waals surface area contributed by atoms with Crippen LogP contribution in [0.25, 0.3) is 0 Å². The number of hydrogen-bond donors (Lipinski definition) is 3. The number of esters is 1. The number of carbonyl (C=O) groups is 5. The first-order valence-electron chi connectivity index (χ1n) is 18.9. The van der Waals surface area contributed by atoms with E-state index in [1.807, 2.05) is 13.8 Å². The molecular formula is C38H55N7O7S. The van der Waals surface area contributed by atoms with E-state index in [-0.39, 0.29) is 60.7 Å². The number of carboxylic acid groups (broad SMARTS) is 1. The Kier molecular flexibility index (Phi) is 13.6. The minimum Gasteiger partial charge on any atom is -0.481 e. The van der Waals surface area contributed by atoms with Gasteiger partial charge in [0.05, 0.1) is 12.0 Å². The smallest absolute Gasteiger partial charge is 0.306 e. The number of likely N-dealkylation sites (N-methyl/N-ethyl adjacent to an activating group) is 1. The van der Waals surface area contributed by atoms with Gasteiger partial charge in [0.25, 0.3) is 5.91 Å². The number of aromatic nitrogens is 3. The molecule has 53 heavy (non-hydrogen) atoms. The van der Waals surface area contributed by atoms with Crippen LogP contribution in [0.1, 0.15) is 107 Å². The normalized spacial score (nSPS) is 22.9. The van der Waals surface area contributed by atoms with E-state index in [1.165, 1.54) is 18.3 Å². The molecule has 4 aliphatic rings. The third-order valence-electron chi connectivity index (χ3n) is 11.3. The molecule has 2 aromatic heterocycles. The predicted molar refractivity (Wildman–Crippen MR) is 198 cm³/mol. The number of piperidine rings is 3. The molecule has 14 nitrogen and oxygen atoms in total. The second kappa shape index (κ2) is 17.9. The van der Waals surface area contributed by atoms with Crippen LogP contribution in [0.3, 0.4) is 0 Å². The maximum Gasteiger partial charge on any atom is 0.306 e. The van der Waals surface area contributed by atoms with Crippen molar-refractivity contribution >= 4 is 41.0 Å². The van der Waals surface area contributed by atoms with Crippen LogP contribution in [0.2, 0.25) is 0 Å². The lowest BCUT2D eigenvalue weighted by molar-refractivity contribution is -0.149. The standard InChI is InChI=1S/C38H55N7O7S/c1-21(2)29(44(6)37(49)33(23(4)26-8-9-26)43-35(48)30-17-25-10-14-45(30)15-11-25)19-31(52-24(5)46)36-42-28(20-53-36)34(47)41-27(16-22(3)38(50)51)18-32-39-12-7-13-40-32/h7,12-13,20-23,25-27,29-31,33H,8-11,14-19H2,1-6H3,(H,41,47)(H,43,48)(H,50,51)/t22-,23-,27+,29+,30+,31+,33-/m0/s1. The number of thiazole rings is 1. The van der Waals surface area contributed by atoms with E-state index in [4.69, 9.17) is 4.74 Å². The number of fused-ring (bicyclic) bond motifs is 3. The second-order valence-electron chi connectivity index (χ2n) is 15.6. The number of carbonyl (C=O) groups excluding carboxylic acids is 4. The summed E-state index contributed by atoms with van der Waals surface area (Å²) in [5, 5.41) is 17.6. The van der Waals surface area contributed by atoms with Crippen LogP contribution in [0.15, 0.2) is 23.8 Å². The van der Waals surface area contributed by atoms with Gasteiger partial charge in [-0.3, -0.25) is 28.9 Å². The molecule has 2 bridgehead atoms. The van der Waals surface area contributed by atoms with Gasteiger partial charge < -0.3 is 25.4 Å². The molecule has 3 amide bonds. The van der Waals surface area contributed by atoms with E-state index >= 15 is 0 Å². The summed E-state index contributed by atoms with van der Waals surface area (Å²) in [5.41, 5.74) is 0.0998. The highest BCUT2D eigenvalue weighted by atomic mass is 32.1. The molecule has 0 unspecified atom stereocenters. The Morgan fingerprint density at radius 1 is 1.02 bits per heavy atom. The minimum absolute atomic E-state index is 0.0300. The lowest BCUT2D eigenvalue weighted by atomic mass is 9.82. The topological polar surface area (TPSA) is 184 Å². The average Bonchev–Trinajstić information content (AvgIpc) is 3.87. The van der Waals surface area contributed by atoms with E-state index in [1.54, 1.807) is 42.7 Å². The van der Waals surface area contributed by atoms with Gasteiger partial charge in [-0.25, -0.2) is 15.0 Å². The molecule has 2 aromatic rings. The Morgan fingerprint density at radius 3 is 2.26 bits per heavy atom. The number of rotatable bonds is 18. The fourth-order valence-corrected chi connectivity index (χ4v) is 8.69. The van der Waals surface area contributed by atoms with Crippen molar-refractivity contribution in [2.45, 2.75) is 116 Å². The van der Waals surface area contributed by atoms with Crippen LogP contribution in [0, 0.1) is 29.6 Å². The summed E-state index contributed by atoms with van der Waals surface area (Å²) in [6, 6.07) is -0.172. The Balaban J connectivity index is 1.30. The summed E-state index contributed by atoms with van der Waals surface area (Å²) >= 11 is 1.17. The maximum atomic E-state index is 14.4. The lowest BCUT2D eigenvalue weighted by Gasteiger charge is -2.45. The Labute approximate surface area is 315 Å². The molecule has 0 spiro atoms. The van der Waals surface area contributed by atoms with Crippen LogP contribution < -0.4 is 10.6 Å². The van der Waals surface area contributed by atoms with Gasteiger partial charge >= 0.3 is 11.9 Å². The Bertz CT molecular complexity index is 1590. The van der Waals surface area contributed by atoms with Crippen molar-refractivity contribution < 1.29 is 33.8 Å². The third kappa shape index (κ3) is 10.6. The van der Waals surface area contributed by atoms with E-state index < -0.39 is 42.0 Å². The van der Waals surface area contributed by atoms with E-state index in [0.717, 1.165) is 45.2 Å². The largest absolute Gasteiger partial charge is 0.481 e. The molecule has 7 atom stereocenters. The molecule has 0 aromatic carbocycles. The third-order valence-corrected chi connectivity index (χ3v) is 12.2.